The van der Waals surface area contributed by atoms with E-state index >= 15 is 0 Å². The monoisotopic (exact) mass is 436 g/mol. The molecular weight excluding hydrogens is 411 g/mol. The first-order valence-electron chi connectivity index (χ1n) is 9.54. The number of carbonyl (C=O) groups excluding carboxylic acids is 1. The molecule has 1 aliphatic heterocycles. The van der Waals surface area contributed by atoms with E-state index in [1.165, 1.54) is 25.3 Å². The number of halogens is 1. The van der Waals surface area contributed by atoms with Crippen molar-refractivity contribution in [1.29, 1.82) is 0 Å². The number of amides is 1. The van der Waals surface area contributed by atoms with Crippen LogP contribution in [-0.2, 0) is 14.8 Å². The summed E-state index contributed by atoms with van der Waals surface area (Å²) in [6.45, 7) is 6.29. The fourth-order valence-corrected chi connectivity index (χ4v) is 4.25. The van der Waals surface area contributed by atoms with Gasteiger partial charge in [0.1, 0.15) is 12.4 Å². The summed E-state index contributed by atoms with van der Waals surface area (Å²) in [4.78, 5) is 14.3. The third-order valence-corrected chi connectivity index (χ3v) is 6.18. The van der Waals surface area contributed by atoms with Gasteiger partial charge in [-0.25, -0.2) is 12.8 Å². The number of methoxy groups -OCH3 is 1. The Hall–Kier alpha value is -2.81. The predicted molar refractivity (Wildman–Crippen MR) is 112 cm³/mol. The Balaban J connectivity index is 1.94. The van der Waals surface area contributed by atoms with Crippen molar-refractivity contribution in [2.75, 3.05) is 29.9 Å². The van der Waals surface area contributed by atoms with E-state index in [1.807, 2.05) is 20.8 Å². The third-order valence-electron chi connectivity index (χ3n) is 4.80. The summed E-state index contributed by atoms with van der Waals surface area (Å²) in [5, 5.41) is 0. The Morgan fingerprint density at radius 1 is 1.23 bits per heavy atom. The minimum atomic E-state index is -4.04. The molecule has 0 spiro atoms. The lowest BCUT2D eigenvalue weighted by molar-refractivity contribution is -0.127. The van der Waals surface area contributed by atoms with E-state index in [0.29, 0.717) is 18.0 Å². The molecule has 3 rings (SSSR count). The van der Waals surface area contributed by atoms with Crippen LogP contribution >= 0.6 is 0 Å². The van der Waals surface area contributed by atoms with Gasteiger partial charge in [0.15, 0.2) is 11.6 Å². The molecule has 0 saturated carbocycles. The fourth-order valence-electron chi connectivity index (χ4n) is 3.18. The summed E-state index contributed by atoms with van der Waals surface area (Å²) < 4.78 is 52.4. The molecule has 0 atom stereocenters. The van der Waals surface area contributed by atoms with Crippen molar-refractivity contribution in [3.05, 3.63) is 42.2 Å². The van der Waals surface area contributed by atoms with Crippen molar-refractivity contribution in [1.82, 2.24) is 0 Å². The van der Waals surface area contributed by atoms with E-state index in [4.69, 9.17) is 9.47 Å². The molecule has 1 N–H and O–H groups in total. The first-order chi connectivity index (χ1) is 14.1. The fraction of sp³-hybridized carbons (Fsp3) is 0.381. The third kappa shape index (κ3) is 4.21. The van der Waals surface area contributed by atoms with E-state index in [2.05, 4.69) is 4.72 Å². The van der Waals surface area contributed by atoms with Crippen molar-refractivity contribution in [2.24, 2.45) is 5.41 Å². The SMILES string of the molecule is CCCN1C(=O)C(C)(C)COc2cc(NS(=O)(=O)c3ccc(OC)c(F)c3)ccc21. The second-order valence-corrected chi connectivity index (χ2v) is 9.40. The molecule has 0 aromatic heterocycles. The molecule has 2 aromatic rings. The maximum atomic E-state index is 13.9. The van der Waals surface area contributed by atoms with Gasteiger partial charge in [-0.2, -0.15) is 0 Å². The molecule has 0 fully saturated rings. The standard InChI is InChI=1S/C21H25FN2O5S/c1-5-10-24-17-8-6-14(11-19(17)29-13-21(2,3)20(24)25)23-30(26,27)15-7-9-18(28-4)16(22)12-15/h6-9,11-12,23H,5,10,13H2,1-4H3. The zero-order chi connectivity index (χ0) is 22.1. The van der Waals surface area contributed by atoms with Crippen LogP contribution in [0.25, 0.3) is 0 Å². The quantitative estimate of drug-likeness (QED) is 0.745. The number of rotatable bonds is 6. The maximum absolute atomic E-state index is 13.9. The van der Waals surface area contributed by atoms with Gasteiger partial charge in [-0.3, -0.25) is 9.52 Å². The largest absolute Gasteiger partial charge is 0.494 e. The highest BCUT2D eigenvalue weighted by Gasteiger charge is 2.37. The maximum Gasteiger partial charge on any atom is 0.262 e. The lowest BCUT2D eigenvalue weighted by Crippen LogP contribution is -2.42. The summed E-state index contributed by atoms with van der Waals surface area (Å²) in [5.74, 6) is -0.467. The number of anilines is 2. The number of carbonyl (C=O) groups is 1. The number of nitrogens with one attached hydrogen (secondary N) is 1. The van der Waals surface area contributed by atoms with Crippen LogP contribution in [0.5, 0.6) is 11.5 Å². The van der Waals surface area contributed by atoms with Gasteiger partial charge in [0, 0.05) is 12.6 Å². The highest BCUT2D eigenvalue weighted by Crippen LogP contribution is 2.38. The number of hydrogen-bond acceptors (Lipinski definition) is 5. The summed E-state index contributed by atoms with van der Waals surface area (Å²) in [7, 11) is -2.74. The van der Waals surface area contributed by atoms with Crippen molar-refractivity contribution < 1.29 is 27.1 Å². The Morgan fingerprint density at radius 2 is 1.97 bits per heavy atom. The van der Waals surface area contributed by atoms with Crippen molar-refractivity contribution in [3.8, 4) is 11.5 Å². The summed E-state index contributed by atoms with van der Waals surface area (Å²) >= 11 is 0. The van der Waals surface area contributed by atoms with Crippen LogP contribution in [0.1, 0.15) is 27.2 Å². The van der Waals surface area contributed by atoms with Crippen LogP contribution in [0.3, 0.4) is 0 Å². The summed E-state index contributed by atoms with van der Waals surface area (Å²) in [6.07, 6.45) is 0.763. The molecule has 0 saturated heterocycles. The predicted octanol–water partition coefficient (Wildman–Crippen LogP) is 3.80. The van der Waals surface area contributed by atoms with Crippen LogP contribution in [0, 0.1) is 11.2 Å². The molecule has 0 unspecified atom stereocenters. The van der Waals surface area contributed by atoms with Gasteiger partial charge in [-0.05, 0) is 50.6 Å². The molecule has 162 valence electrons. The Bertz CT molecular complexity index is 1070. The average Bonchev–Trinajstić information content (AvgIpc) is 2.78. The lowest BCUT2D eigenvalue weighted by atomic mass is 9.93. The zero-order valence-electron chi connectivity index (χ0n) is 17.4. The molecule has 9 heteroatoms. The molecule has 0 aliphatic carbocycles. The van der Waals surface area contributed by atoms with E-state index in [0.717, 1.165) is 12.5 Å². The molecule has 1 amide bonds. The first-order valence-corrected chi connectivity index (χ1v) is 11.0. The van der Waals surface area contributed by atoms with Gasteiger partial charge in [-0.15, -0.1) is 0 Å². The molecular formula is C21H25FN2O5S. The average molecular weight is 437 g/mol. The molecule has 1 aliphatic rings. The van der Waals surface area contributed by atoms with Gasteiger partial charge >= 0.3 is 0 Å². The van der Waals surface area contributed by atoms with Gasteiger partial charge in [0.2, 0.25) is 5.91 Å². The van der Waals surface area contributed by atoms with Crippen LogP contribution in [0.15, 0.2) is 41.3 Å². The molecule has 1 heterocycles. The summed E-state index contributed by atoms with van der Waals surface area (Å²) in [6, 6.07) is 8.13. The van der Waals surface area contributed by atoms with Crippen LogP contribution in [-0.4, -0.2) is 34.6 Å². The Morgan fingerprint density at radius 3 is 2.60 bits per heavy atom. The number of ether oxygens (including phenoxy) is 2. The van der Waals surface area contributed by atoms with Crippen LogP contribution < -0.4 is 19.1 Å². The van der Waals surface area contributed by atoms with E-state index in [9.17, 15) is 17.6 Å². The lowest BCUT2D eigenvalue weighted by Gasteiger charge is -2.27. The normalized spacial score (nSPS) is 15.8. The smallest absolute Gasteiger partial charge is 0.262 e. The highest BCUT2D eigenvalue weighted by molar-refractivity contribution is 7.92. The van der Waals surface area contributed by atoms with Gasteiger partial charge < -0.3 is 14.4 Å². The second-order valence-electron chi connectivity index (χ2n) is 7.71. The Labute approximate surface area is 175 Å². The van der Waals surface area contributed by atoms with Gasteiger partial charge in [-0.1, -0.05) is 6.92 Å². The summed E-state index contributed by atoms with van der Waals surface area (Å²) in [5.41, 5.74) is 0.119. The van der Waals surface area contributed by atoms with Gasteiger partial charge in [0.25, 0.3) is 10.0 Å². The number of sulfonamides is 1. The molecule has 7 nitrogen and oxygen atoms in total. The number of hydrogen-bond donors (Lipinski definition) is 1. The number of nitrogens with zero attached hydrogens (tertiary/aromatic N) is 1. The minimum Gasteiger partial charge on any atom is -0.494 e. The molecule has 2 aromatic carbocycles. The van der Waals surface area contributed by atoms with E-state index in [1.54, 1.807) is 17.0 Å². The van der Waals surface area contributed by atoms with Gasteiger partial charge in [0.05, 0.1) is 28.8 Å². The number of benzene rings is 2. The van der Waals surface area contributed by atoms with E-state index in [-0.39, 0.29) is 28.8 Å². The molecule has 0 bridgehead atoms. The van der Waals surface area contributed by atoms with E-state index < -0.39 is 21.3 Å². The molecule has 30 heavy (non-hydrogen) atoms. The minimum absolute atomic E-state index is 0.0457. The topological polar surface area (TPSA) is 84.9 Å². The second kappa shape index (κ2) is 8.14. The van der Waals surface area contributed by atoms with Crippen molar-refractivity contribution in [2.45, 2.75) is 32.1 Å². The van der Waals surface area contributed by atoms with Crippen molar-refractivity contribution >= 4 is 27.3 Å². The van der Waals surface area contributed by atoms with Crippen LogP contribution in [0.4, 0.5) is 15.8 Å². The van der Waals surface area contributed by atoms with Crippen molar-refractivity contribution in [3.63, 3.8) is 0 Å². The van der Waals surface area contributed by atoms with Crippen LogP contribution in [0.2, 0.25) is 0 Å². The number of fused-ring (bicyclic) bond motifs is 1. The highest BCUT2D eigenvalue weighted by atomic mass is 32.2. The molecule has 0 radical (unpaired) electrons. The zero-order valence-corrected chi connectivity index (χ0v) is 18.2. The first kappa shape index (κ1) is 21.9. The Kier molecular flexibility index (Phi) is 5.94.